The number of aliphatic imine (C=N–C) groups is 1. The molecule has 3 aromatic carbocycles. The second kappa shape index (κ2) is 7.57. The van der Waals surface area contributed by atoms with Crippen LogP contribution in [0.5, 0.6) is 0 Å². The fraction of sp³-hybridized carbons (Fsp3) is 0.174. The standard InChI is InChI=1S/C23H18F6NO2P/c1-31-33(18-13-7-3-8-14-18,19-15-9-4-10-16-19)21(22(24,25)26,23(27,28)29)30-20(32-33)17-11-5-2-6-12-17/h2-16H,1H3. The van der Waals surface area contributed by atoms with E-state index in [2.05, 4.69) is 4.99 Å². The van der Waals surface area contributed by atoms with Gasteiger partial charge in [-0.05, 0) is 0 Å². The molecule has 0 bridgehead atoms. The maximum atomic E-state index is 14.9. The Hall–Kier alpha value is -2.90. The van der Waals surface area contributed by atoms with Gasteiger partial charge in [-0.25, -0.2) is 0 Å². The summed E-state index contributed by atoms with van der Waals surface area (Å²) in [6, 6.07) is 20.1. The molecule has 0 aromatic heterocycles. The van der Waals surface area contributed by atoms with Crippen molar-refractivity contribution in [2.45, 2.75) is 17.6 Å². The zero-order valence-electron chi connectivity index (χ0n) is 17.1. The molecule has 0 N–H and O–H groups in total. The van der Waals surface area contributed by atoms with Crippen LogP contribution in [0.1, 0.15) is 5.56 Å². The molecule has 0 aliphatic carbocycles. The van der Waals surface area contributed by atoms with Crippen molar-refractivity contribution in [2.75, 3.05) is 7.11 Å². The van der Waals surface area contributed by atoms with Crippen LogP contribution in [0.4, 0.5) is 26.3 Å². The van der Waals surface area contributed by atoms with Crippen LogP contribution in [0.2, 0.25) is 0 Å². The zero-order chi connectivity index (χ0) is 24.0. The number of halogens is 6. The van der Waals surface area contributed by atoms with Gasteiger partial charge >= 0.3 is 185 Å². The van der Waals surface area contributed by atoms with Gasteiger partial charge in [0.2, 0.25) is 0 Å². The quantitative estimate of drug-likeness (QED) is 0.337. The number of benzene rings is 3. The summed E-state index contributed by atoms with van der Waals surface area (Å²) in [5, 5.41) is -5.49. The summed E-state index contributed by atoms with van der Waals surface area (Å²) in [4.78, 5) is 3.36. The number of hydrogen-bond acceptors (Lipinski definition) is 3. The van der Waals surface area contributed by atoms with Gasteiger partial charge in [-0.3, -0.25) is 0 Å². The van der Waals surface area contributed by atoms with Crippen LogP contribution >= 0.6 is 7.06 Å². The Bertz CT molecular complexity index is 1110. The predicted octanol–water partition coefficient (Wildman–Crippen LogP) is 5.97. The molecule has 1 aliphatic heterocycles. The van der Waals surface area contributed by atoms with Crippen LogP contribution in [0.3, 0.4) is 0 Å². The van der Waals surface area contributed by atoms with Crippen molar-refractivity contribution in [2.24, 2.45) is 4.99 Å². The summed E-state index contributed by atoms with van der Waals surface area (Å²) in [5.74, 6) is -0.794. The van der Waals surface area contributed by atoms with E-state index in [4.69, 9.17) is 9.05 Å². The average molecular weight is 485 g/mol. The van der Waals surface area contributed by atoms with Crippen LogP contribution in [-0.4, -0.2) is 30.6 Å². The SMILES string of the molecule is COP1(c2ccccc2)(c2ccccc2)OC(c2ccccc2)=NC1(C(F)(F)F)C(F)(F)F. The Labute approximate surface area is 185 Å². The van der Waals surface area contributed by atoms with E-state index in [0.717, 1.165) is 31.4 Å². The summed E-state index contributed by atoms with van der Waals surface area (Å²) in [6.45, 7) is 0. The van der Waals surface area contributed by atoms with Crippen molar-refractivity contribution >= 4 is 23.6 Å². The second-order valence-corrected chi connectivity index (χ2v) is 11.5. The minimum atomic E-state index is -6.19. The molecule has 1 aliphatic rings. The maximum absolute atomic E-state index is 14.9. The molecule has 0 fully saturated rings. The molecule has 0 saturated heterocycles. The Kier molecular flexibility index (Phi) is 5.34. The Morgan fingerprint density at radius 2 is 1.09 bits per heavy atom. The Balaban J connectivity index is 2.27. The van der Waals surface area contributed by atoms with Crippen LogP contribution in [-0.2, 0) is 9.05 Å². The first-order valence-corrected chi connectivity index (χ1v) is 11.8. The fourth-order valence-corrected chi connectivity index (χ4v) is 9.59. The summed E-state index contributed by atoms with van der Waals surface area (Å²) < 4.78 is 101. The van der Waals surface area contributed by atoms with E-state index in [0.29, 0.717) is 0 Å². The van der Waals surface area contributed by atoms with Crippen molar-refractivity contribution in [3.05, 3.63) is 96.6 Å². The Morgan fingerprint density at radius 3 is 1.45 bits per heavy atom. The number of nitrogens with zero attached hydrogens (tertiary/aromatic N) is 1. The summed E-state index contributed by atoms with van der Waals surface area (Å²) in [5.41, 5.74) is -0.0363. The molecule has 0 unspecified atom stereocenters. The number of alkyl halides is 6. The molecule has 0 spiro atoms. The normalized spacial score (nSPS) is 20.2. The van der Waals surface area contributed by atoms with Gasteiger partial charge < -0.3 is 0 Å². The molecule has 4 rings (SSSR count). The van der Waals surface area contributed by atoms with Crippen LogP contribution in [0.25, 0.3) is 0 Å². The summed E-state index contributed by atoms with van der Waals surface area (Å²) in [6.07, 6.45) is -11.9. The molecule has 0 atom stereocenters. The first-order chi connectivity index (χ1) is 15.5. The average Bonchev–Trinajstić information content (AvgIpc) is 3.17. The van der Waals surface area contributed by atoms with Crippen molar-refractivity contribution in [1.82, 2.24) is 0 Å². The van der Waals surface area contributed by atoms with E-state index in [1.54, 1.807) is 6.07 Å². The third-order valence-electron chi connectivity index (χ3n) is 5.72. The topological polar surface area (TPSA) is 30.8 Å². The van der Waals surface area contributed by atoms with Gasteiger partial charge in [0.25, 0.3) is 0 Å². The van der Waals surface area contributed by atoms with E-state index in [9.17, 15) is 26.3 Å². The van der Waals surface area contributed by atoms with Crippen molar-refractivity contribution in [3.8, 4) is 0 Å². The molecule has 33 heavy (non-hydrogen) atoms. The zero-order valence-corrected chi connectivity index (χ0v) is 18.0. The number of hydrogen-bond donors (Lipinski definition) is 0. The summed E-state index contributed by atoms with van der Waals surface area (Å²) >= 11 is 0. The van der Waals surface area contributed by atoms with Crippen molar-refractivity contribution < 1.29 is 35.4 Å². The Morgan fingerprint density at radius 1 is 0.697 bits per heavy atom. The van der Waals surface area contributed by atoms with E-state index in [1.807, 2.05) is 0 Å². The van der Waals surface area contributed by atoms with Crippen LogP contribution in [0.15, 0.2) is 96.0 Å². The van der Waals surface area contributed by atoms with Crippen LogP contribution < -0.4 is 10.6 Å². The number of rotatable bonds is 4. The van der Waals surface area contributed by atoms with Gasteiger partial charge in [0.15, 0.2) is 0 Å². The molecule has 0 amide bonds. The van der Waals surface area contributed by atoms with Gasteiger partial charge in [0, 0.05) is 0 Å². The third-order valence-corrected chi connectivity index (χ3v) is 11.2. The van der Waals surface area contributed by atoms with E-state index in [1.165, 1.54) is 60.7 Å². The minimum absolute atomic E-state index is 0.0363. The summed E-state index contributed by atoms with van der Waals surface area (Å²) in [7, 11) is -5.38. The monoisotopic (exact) mass is 485 g/mol. The molecule has 10 heteroatoms. The predicted molar refractivity (Wildman–Crippen MR) is 115 cm³/mol. The first kappa shape index (κ1) is 23.3. The third kappa shape index (κ3) is 2.88. The van der Waals surface area contributed by atoms with E-state index in [-0.39, 0.29) is 16.2 Å². The van der Waals surface area contributed by atoms with E-state index < -0.39 is 30.6 Å². The van der Waals surface area contributed by atoms with E-state index >= 15 is 0 Å². The molecular weight excluding hydrogens is 467 g/mol. The molecule has 174 valence electrons. The molecule has 1 heterocycles. The second-order valence-electron chi connectivity index (χ2n) is 7.35. The van der Waals surface area contributed by atoms with Gasteiger partial charge in [-0.15, -0.1) is 0 Å². The first-order valence-electron chi connectivity index (χ1n) is 9.71. The molecular formula is C23H18F6NO2P. The van der Waals surface area contributed by atoms with Crippen molar-refractivity contribution in [3.63, 3.8) is 0 Å². The van der Waals surface area contributed by atoms with Gasteiger partial charge in [-0.1, -0.05) is 0 Å². The van der Waals surface area contributed by atoms with Gasteiger partial charge in [0.1, 0.15) is 0 Å². The molecule has 3 nitrogen and oxygen atoms in total. The molecule has 0 saturated carbocycles. The molecule has 0 radical (unpaired) electrons. The fourth-order valence-electron chi connectivity index (χ4n) is 4.34. The van der Waals surface area contributed by atoms with Gasteiger partial charge in [-0.2, -0.15) is 0 Å². The molecule has 3 aromatic rings. The van der Waals surface area contributed by atoms with Gasteiger partial charge in [0.05, 0.1) is 0 Å². The van der Waals surface area contributed by atoms with Crippen molar-refractivity contribution in [1.29, 1.82) is 0 Å². The van der Waals surface area contributed by atoms with Crippen LogP contribution in [0, 0.1) is 0 Å².